The molecule has 3 aromatic rings. The zero-order valence-electron chi connectivity index (χ0n) is 20.6. The Bertz CT molecular complexity index is 1330. The first-order chi connectivity index (χ1) is 17.4. The van der Waals surface area contributed by atoms with Gasteiger partial charge in [0.2, 0.25) is 0 Å². The molecule has 190 valence electrons. The van der Waals surface area contributed by atoms with Gasteiger partial charge in [-0.2, -0.15) is 0 Å². The molecule has 0 bridgehead atoms. The lowest BCUT2D eigenvalue weighted by Gasteiger charge is -2.26. The van der Waals surface area contributed by atoms with Crippen molar-refractivity contribution in [2.75, 3.05) is 17.7 Å². The molecule has 1 aromatic heterocycles. The number of benzene rings is 2. The standard InChI is InChI=1S/C27H33N5O4/c1-3-20(17-11-6-4-7-12-17)29-22-23(30-21-16-10-15-19(24(21)33)25(34)28-2)27(36)32(31-26(22)35)18-13-8-5-9-14-18/h4,6-7,10-12,15-16,18,20,29-30,33H,3,5,8-9,13-14H2,1-2H3,(H,28,34)(H,31,35). The zero-order valence-corrected chi connectivity index (χ0v) is 20.6. The molecule has 0 spiro atoms. The highest BCUT2D eigenvalue weighted by molar-refractivity contribution is 5.99. The van der Waals surface area contributed by atoms with Crippen molar-refractivity contribution in [2.45, 2.75) is 57.5 Å². The Morgan fingerprint density at radius 3 is 2.44 bits per heavy atom. The van der Waals surface area contributed by atoms with E-state index < -0.39 is 17.0 Å². The Hall–Kier alpha value is -4.01. The van der Waals surface area contributed by atoms with Crippen molar-refractivity contribution in [3.8, 4) is 5.75 Å². The molecule has 2 aromatic carbocycles. The lowest BCUT2D eigenvalue weighted by Crippen LogP contribution is -2.37. The molecule has 0 saturated heterocycles. The number of rotatable bonds is 8. The molecule has 1 atom stereocenters. The van der Waals surface area contributed by atoms with Gasteiger partial charge in [-0.25, -0.2) is 4.68 Å². The fourth-order valence-electron chi connectivity index (χ4n) is 4.78. The van der Waals surface area contributed by atoms with Crippen LogP contribution in [0.5, 0.6) is 5.75 Å². The molecule has 36 heavy (non-hydrogen) atoms. The summed E-state index contributed by atoms with van der Waals surface area (Å²) in [7, 11) is 1.47. The number of aromatic nitrogens is 2. The molecule has 1 aliphatic carbocycles. The number of H-pyrrole nitrogens is 1. The minimum absolute atomic E-state index is 0.0306. The highest BCUT2D eigenvalue weighted by atomic mass is 16.3. The summed E-state index contributed by atoms with van der Waals surface area (Å²) in [4.78, 5) is 39.4. The van der Waals surface area contributed by atoms with Crippen molar-refractivity contribution >= 4 is 23.0 Å². The minimum atomic E-state index is -0.463. The van der Waals surface area contributed by atoms with Crippen molar-refractivity contribution in [2.24, 2.45) is 0 Å². The number of phenolic OH excluding ortho intramolecular Hbond substituents is 1. The Morgan fingerprint density at radius 2 is 1.78 bits per heavy atom. The van der Waals surface area contributed by atoms with E-state index in [1.165, 1.54) is 17.8 Å². The Labute approximate surface area is 209 Å². The van der Waals surface area contributed by atoms with Crippen LogP contribution in [0.4, 0.5) is 17.1 Å². The van der Waals surface area contributed by atoms with Crippen LogP contribution in [0.3, 0.4) is 0 Å². The molecule has 1 saturated carbocycles. The average molecular weight is 492 g/mol. The number of nitrogens with zero attached hydrogens (tertiary/aromatic N) is 1. The monoisotopic (exact) mass is 491 g/mol. The maximum atomic E-state index is 13.8. The molecule has 1 amide bonds. The van der Waals surface area contributed by atoms with Crippen LogP contribution in [0.1, 0.15) is 73.5 Å². The maximum absolute atomic E-state index is 13.8. The predicted octanol–water partition coefficient (Wildman–Crippen LogP) is 4.41. The normalized spacial score (nSPS) is 14.7. The fourth-order valence-corrected chi connectivity index (χ4v) is 4.78. The highest BCUT2D eigenvalue weighted by Gasteiger charge is 2.25. The molecular weight excluding hydrogens is 458 g/mol. The summed E-state index contributed by atoms with van der Waals surface area (Å²) < 4.78 is 1.41. The number of hydrogen-bond acceptors (Lipinski definition) is 6. The number of aromatic amines is 1. The molecule has 0 radical (unpaired) electrons. The minimum Gasteiger partial charge on any atom is -0.505 e. The zero-order chi connectivity index (χ0) is 25.7. The Morgan fingerprint density at radius 1 is 1.06 bits per heavy atom. The molecule has 5 N–H and O–H groups in total. The first-order valence-electron chi connectivity index (χ1n) is 12.5. The highest BCUT2D eigenvalue weighted by Crippen LogP contribution is 2.33. The van der Waals surface area contributed by atoms with E-state index in [1.54, 1.807) is 12.1 Å². The third kappa shape index (κ3) is 5.15. The van der Waals surface area contributed by atoms with Crippen molar-refractivity contribution in [3.63, 3.8) is 0 Å². The van der Waals surface area contributed by atoms with E-state index in [4.69, 9.17) is 0 Å². The van der Waals surface area contributed by atoms with Gasteiger partial charge in [-0.1, -0.05) is 62.6 Å². The van der Waals surface area contributed by atoms with E-state index in [-0.39, 0.29) is 40.5 Å². The van der Waals surface area contributed by atoms with Gasteiger partial charge in [0.15, 0.2) is 5.75 Å². The second kappa shape index (κ2) is 11.2. The van der Waals surface area contributed by atoms with E-state index in [0.717, 1.165) is 37.7 Å². The number of nitrogens with one attached hydrogen (secondary N) is 4. The summed E-state index contributed by atoms with van der Waals surface area (Å²) in [6.07, 6.45) is 5.37. The summed E-state index contributed by atoms with van der Waals surface area (Å²) in [6, 6.07) is 14.0. The first-order valence-corrected chi connectivity index (χ1v) is 12.5. The van der Waals surface area contributed by atoms with Crippen molar-refractivity contribution in [3.05, 3.63) is 80.4 Å². The van der Waals surface area contributed by atoms with Gasteiger partial charge in [0, 0.05) is 7.05 Å². The van der Waals surface area contributed by atoms with E-state index in [2.05, 4.69) is 21.0 Å². The first kappa shape index (κ1) is 25.1. The molecule has 4 rings (SSSR count). The Kier molecular flexibility index (Phi) is 7.77. The van der Waals surface area contributed by atoms with Gasteiger partial charge in [-0.15, -0.1) is 0 Å². The molecule has 9 nitrogen and oxygen atoms in total. The van der Waals surface area contributed by atoms with E-state index in [0.29, 0.717) is 6.42 Å². The summed E-state index contributed by atoms with van der Waals surface area (Å²) in [6.45, 7) is 1.99. The number of phenols is 1. The SMILES string of the molecule is CCC(Nc1c(Nc2cccc(C(=O)NC)c2O)c(=O)n(C2CCCCC2)[nH]c1=O)c1ccccc1. The summed E-state index contributed by atoms with van der Waals surface area (Å²) in [5.74, 6) is -0.767. The van der Waals surface area contributed by atoms with Crippen LogP contribution in [-0.2, 0) is 0 Å². The second-order valence-electron chi connectivity index (χ2n) is 9.08. The van der Waals surface area contributed by atoms with Crippen LogP contribution in [-0.4, -0.2) is 27.8 Å². The van der Waals surface area contributed by atoms with Gasteiger partial charge in [-0.05, 0) is 37.0 Å². The van der Waals surface area contributed by atoms with Crippen LogP contribution in [0, 0.1) is 0 Å². The summed E-state index contributed by atoms with van der Waals surface area (Å²) >= 11 is 0. The van der Waals surface area contributed by atoms with E-state index in [1.807, 2.05) is 37.3 Å². The largest absolute Gasteiger partial charge is 0.505 e. The van der Waals surface area contributed by atoms with Crippen LogP contribution in [0.15, 0.2) is 58.1 Å². The number of carbonyl (C=O) groups is 1. The molecular formula is C27H33N5O4. The lowest BCUT2D eigenvalue weighted by atomic mass is 9.95. The van der Waals surface area contributed by atoms with Crippen LogP contribution in [0.2, 0.25) is 0 Å². The second-order valence-corrected chi connectivity index (χ2v) is 9.08. The predicted molar refractivity (Wildman–Crippen MR) is 141 cm³/mol. The fraction of sp³-hybridized carbons (Fsp3) is 0.370. The molecule has 1 aliphatic rings. The van der Waals surface area contributed by atoms with Crippen molar-refractivity contribution in [1.82, 2.24) is 15.1 Å². The van der Waals surface area contributed by atoms with Crippen LogP contribution < -0.4 is 27.1 Å². The number of carbonyl (C=O) groups excluding carboxylic acids is 1. The number of hydrogen-bond donors (Lipinski definition) is 5. The number of anilines is 3. The van der Waals surface area contributed by atoms with Gasteiger partial charge in [0.05, 0.1) is 23.3 Å². The Balaban J connectivity index is 1.83. The smallest absolute Gasteiger partial charge is 0.291 e. The van der Waals surface area contributed by atoms with E-state index >= 15 is 0 Å². The third-order valence-corrected chi connectivity index (χ3v) is 6.77. The number of amides is 1. The number of aromatic hydroxyl groups is 1. The van der Waals surface area contributed by atoms with Crippen LogP contribution >= 0.6 is 0 Å². The van der Waals surface area contributed by atoms with Gasteiger partial charge >= 0.3 is 0 Å². The maximum Gasteiger partial charge on any atom is 0.291 e. The molecule has 9 heteroatoms. The third-order valence-electron chi connectivity index (χ3n) is 6.77. The van der Waals surface area contributed by atoms with Crippen LogP contribution in [0.25, 0.3) is 0 Å². The summed E-state index contributed by atoms with van der Waals surface area (Å²) in [5.41, 5.74) is 0.493. The van der Waals surface area contributed by atoms with Gasteiger partial charge < -0.3 is 21.1 Å². The van der Waals surface area contributed by atoms with E-state index in [9.17, 15) is 19.5 Å². The number of para-hydroxylation sites is 1. The molecule has 1 fully saturated rings. The summed E-state index contributed by atoms with van der Waals surface area (Å²) in [5, 5.41) is 22.3. The topological polar surface area (TPSA) is 128 Å². The quantitative estimate of drug-likeness (QED) is 0.297. The molecule has 1 heterocycles. The van der Waals surface area contributed by atoms with Gasteiger partial charge in [-0.3, -0.25) is 19.5 Å². The lowest BCUT2D eigenvalue weighted by molar-refractivity contribution is 0.0960. The van der Waals surface area contributed by atoms with Gasteiger partial charge in [0.1, 0.15) is 11.4 Å². The molecule has 0 aliphatic heterocycles. The average Bonchev–Trinajstić information content (AvgIpc) is 2.91. The van der Waals surface area contributed by atoms with Crippen molar-refractivity contribution < 1.29 is 9.90 Å². The molecule has 1 unspecified atom stereocenters. The van der Waals surface area contributed by atoms with Crippen molar-refractivity contribution in [1.29, 1.82) is 0 Å². The van der Waals surface area contributed by atoms with Gasteiger partial charge in [0.25, 0.3) is 17.0 Å².